The Bertz CT molecular complexity index is 843. The van der Waals surface area contributed by atoms with E-state index in [9.17, 15) is 10.1 Å². The van der Waals surface area contributed by atoms with Crippen molar-refractivity contribution in [2.24, 2.45) is 7.05 Å². The maximum absolute atomic E-state index is 11.0. The van der Waals surface area contributed by atoms with Gasteiger partial charge in [-0.05, 0) is 39.6 Å². The highest BCUT2D eigenvalue weighted by atomic mass is 16.6. The van der Waals surface area contributed by atoms with Crippen LogP contribution in [-0.4, -0.2) is 19.5 Å². The number of hydrogen-bond acceptors (Lipinski definition) is 5. The molecule has 0 bridgehead atoms. The van der Waals surface area contributed by atoms with Crippen LogP contribution >= 0.6 is 0 Å². The van der Waals surface area contributed by atoms with Gasteiger partial charge in [-0.25, -0.2) is 0 Å². The molecule has 24 heavy (non-hydrogen) atoms. The maximum Gasteiger partial charge on any atom is 0.406 e. The fourth-order valence-electron chi connectivity index (χ4n) is 2.50. The van der Waals surface area contributed by atoms with Crippen molar-refractivity contribution in [3.05, 3.63) is 70.8 Å². The summed E-state index contributed by atoms with van der Waals surface area (Å²) in [4.78, 5) is 18.5. The molecule has 0 saturated heterocycles. The topological polar surface area (TPSA) is 85.9 Å². The summed E-state index contributed by atoms with van der Waals surface area (Å²) in [6.45, 7) is 1.95. The molecule has 0 spiro atoms. The Morgan fingerprint density at radius 1 is 1.21 bits per heavy atom. The van der Waals surface area contributed by atoms with Crippen molar-refractivity contribution in [1.29, 1.82) is 0 Å². The van der Waals surface area contributed by atoms with Crippen molar-refractivity contribution in [2.75, 3.05) is 5.32 Å². The molecule has 2 heterocycles. The lowest BCUT2D eigenvalue weighted by Gasteiger charge is -2.15. The zero-order valence-electron chi connectivity index (χ0n) is 13.4. The van der Waals surface area contributed by atoms with E-state index in [0.717, 1.165) is 16.7 Å². The summed E-state index contributed by atoms with van der Waals surface area (Å²) >= 11 is 0. The first-order valence-corrected chi connectivity index (χ1v) is 7.49. The van der Waals surface area contributed by atoms with E-state index in [1.54, 1.807) is 17.8 Å². The number of aryl methyl sites for hydroxylation is 1. The molecule has 0 fully saturated rings. The number of hydrogen-bond donors (Lipinski definition) is 1. The van der Waals surface area contributed by atoms with E-state index in [1.807, 2.05) is 49.5 Å². The SMILES string of the molecule is CC(Nc1c([N+](=O)[O-])ncn1C)c1ccc(-c2cccnc2)cc1. The van der Waals surface area contributed by atoms with Crippen LogP contribution in [0.5, 0.6) is 0 Å². The zero-order valence-corrected chi connectivity index (χ0v) is 13.4. The molecule has 122 valence electrons. The molecule has 7 nitrogen and oxygen atoms in total. The first-order valence-electron chi connectivity index (χ1n) is 7.49. The van der Waals surface area contributed by atoms with Crippen molar-refractivity contribution in [1.82, 2.24) is 14.5 Å². The first-order chi connectivity index (χ1) is 11.6. The van der Waals surface area contributed by atoms with Crippen LogP contribution < -0.4 is 5.32 Å². The predicted molar refractivity (Wildman–Crippen MR) is 91.6 cm³/mol. The molecule has 0 saturated carbocycles. The Morgan fingerprint density at radius 3 is 2.58 bits per heavy atom. The molecule has 0 aliphatic heterocycles. The molecular weight excluding hydrogens is 306 g/mol. The number of nitrogens with zero attached hydrogens (tertiary/aromatic N) is 4. The molecule has 1 aromatic carbocycles. The van der Waals surface area contributed by atoms with Gasteiger partial charge in [0.1, 0.15) is 0 Å². The van der Waals surface area contributed by atoms with Gasteiger partial charge in [0.05, 0.1) is 6.04 Å². The number of rotatable bonds is 5. The number of anilines is 1. The molecule has 3 aromatic rings. The van der Waals surface area contributed by atoms with E-state index in [1.165, 1.54) is 6.33 Å². The number of pyridine rings is 1. The first kappa shape index (κ1) is 15.7. The van der Waals surface area contributed by atoms with Gasteiger partial charge >= 0.3 is 5.82 Å². The van der Waals surface area contributed by atoms with E-state index in [-0.39, 0.29) is 11.9 Å². The number of nitrogens with one attached hydrogen (secondary N) is 1. The van der Waals surface area contributed by atoms with Crippen molar-refractivity contribution < 1.29 is 4.92 Å². The summed E-state index contributed by atoms with van der Waals surface area (Å²) in [6, 6.07) is 11.8. The van der Waals surface area contributed by atoms with Crippen LogP contribution in [0.15, 0.2) is 55.1 Å². The summed E-state index contributed by atoms with van der Waals surface area (Å²) in [5.74, 6) is 0.222. The minimum Gasteiger partial charge on any atom is -0.358 e. The van der Waals surface area contributed by atoms with Crippen molar-refractivity contribution in [3.8, 4) is 11.1 Å². The maximum atomic E-state index is 11.0. The second-order valence-electron chi connectivity index (χ2n) is 5.51. The third kappa shape index (κ3) is 3.10. The summed E-state index contributed by atoms with van der Waals surface area (Å²) in [5, 5.41) is 14.2. The lowest BCUT2D eigenvalue weighted by Crippen LogP contribution is -2.10. The summed E-state index contributed by atoms with van der Waals surface area (Å²) < 4.78 is 1.61. The highest BCUT2D eigenvalue weighted by Gasteiger charge is 2.21. The largest absolute Gasteiger partial charge is 0.406 e. The summed E-state index contributed by atoms with van der Waals surface area (Å²) in [7, 11) is 1.72. The van der Waals surface area contributed by atoms with Gasteiger partial charge in [0.15, 0.2) is 0 Å². The third-order valence-corrected chi connectivity index (χ3v) is 3.85. The molecule has 0 radical (unpaired) electrons. The van der Waals surface area contributed by atoms with E-state index >= 15 is 0 Å². The van der Waals surface area contributed by atoms with Gasteiger partial charge < -0.3 is 15.4 Å². The zero-order chi connectivity index (χ0) is 17.1. The average molecular weight is 323 g/mol. The van der Waals surface area contributed by atoms with E-state index in [4.69, 9.17) is 0 Å². The highest BCUT2D eigenvalue weighted by molar-refractivity contribution is 5.63. The molecule has 1 N–H and O–H groups in total. The minimum atomic E-state index is -0.486. The summed E-state index contributed by atoms with van der Waals surface area (Å²) in [6.07, 6.45) is 4.99. The third-order valence-electron chi connectivity index (χ3n) is 3.85. The molecule has 1 atom stereocenters. The van der Waals surface area contributed by atoms with Crippen LogP contribution in [-0.2, 0) is 7.05 Å². The lowest BCUT2D eigenvalue weighted by atomic mass is 10.0. The lowest BCUT2D eigenvalue weighted by molar-refractivity contribution is -0.388. The van der Waals surface area contributed by atoms with Gasteiger partial charge in [0.2, 0.25) is 12.1 Å². The average Bonchev–Trinajstić information content (AvgIpc) is 2.97. The van der Waals surface area contributed by atoms with Crippen LogP contribution in [0.2, 0.25) is 0 Å². The number of imidazole rings is 1. The van der Waals surface area contributed by atoms with Crippen molar-refractivity contribution in [2.45, 2.75) is 13.0 Å². The van der Waals surface area contributed by atoms with E-state index in [0.29, 0.717) is 5.82 Å². The van der Waals surface area contributed by atoms with Gasteiger partial charge in [-0.15, -0.1) is 0 Å². The Balaban J connectivity index is 1.80. The second kappa shape index (κ2) is 6.49. The van der Waals surface area contributed by atoms with Crippen molar-refractivity contribution >= 4 is 11.6 Å². The van der Waals surface area contributed by atoms with Gasteiger partial charge in [-0.1, -0.05) is 30.3 Å². The number of aromatic nitrogens is 3. The Labute approximate surface area is 139 Å². The van der Waals surface area contributed by atoms with Gasteiger partial charge in [0.25, 0.3) is 0 Å². The van der Waals surface area contributed by atoms with Gasteiger partial charge in [-0.2, -0.15) is 0 Å². The Kier molecular flexibility index (Phi) is 4.24. The van der Waals surface area contributed by atoms with Gasteiger partial charge in [0, 0.05) is 19.4 Å². The Morgan fingerprint density at radius 2 is 1.96 bits per heavy atom. The second-order valence-corrected chi connectivity index (χ2v) is 5.51. The standard InChI is InChI=1S/C17H17N5O2/c1-12(20-17-16(22(23)24)19-11-21(17)2)13-5-7-14(8-6-13)15-4-3-9-18-10-15/h3-12,20H,1-2H3. The number of nitro groups is 1. The van der Waals surface area contributed by atoms with E-state index in [2.05, 4.69) is 15.3 Å². The molecule has 0 aliphatic carbocycles. The normalized spacial score (nSPS) is 11.9. The minimum absolute atomic E-state index is 0.0953. The predicted octanol–water partition coefficient (Wildman–Crippen LogP) is 3.56. The molecule has 3 rings (SSSR count). The van der Waals surface area contributed by atoms with Crippen LogP contribution in [0.1, 0.15) is 18.5 Å². The molecular formula is C17H17N5O2. The number of benzene rings is 1. The Hall–Kier alpha value is -3.22. The fourth-order valence-corrected chi connectivity index (χ4v) is 2.50. The summed E-state index contributed by atoms with van der Waals surface area (Å²) in [5.41, 5.74) is 3.15. The monoisotopic (exact) mass is 323 g/mol. The fraction of sp³-hybridized carbons (Fsp3) is 0.176. The van der Waals surface area contributed by atoms with E-state index < -0.39 is 4.92 Å². The molecule has 2 aromatic heterocycles. The molecule has 0 amide bonds. The van der Waals surface area contributed by atoms with Gasteiger partial charge in [-0.3, -0.25) is 9.55 Å². The van der Waals surface area contributed by atoms with Crippen LogP contribution in [0.4, 0.5) is 11.6 Å². The van der Waals surface area contributed by atoms with Crippen LogP contribution in [0.3, 0.4) is 0 Å². The van der Waals surface area contributed by atoms with Crippen LogP contribution in [0, 0.1) is 10.1 Å². The highest BCUT2D eigenvalue weighted by Crippen LogP contribution is 2.27. The van der Waals surface area contributed by atoms with Crippen molar-refractivity contribution in [3.63, 3.8) is 0 Å². The molecule has 0 aliphatic rings. The van der Waals surface area contributed by atoms with Crippen LogP contribution in [0.25, 0.3) is 11.1 Å². The molecule has 7 heteroatoms. The smallest absolute Gasteiger partial charge is 0.358 e. The molecule has 1 unspecified atom stereocenters. The quantitative estimate of drug-likeness (QED) is 0.573.